The zero-order valence-electron chi connectivity index (χ0n) is 12.3. The standard InChI is InChI=1S/C17H18FNO3/c1-12(14-5-7-15(18)8-6-14)19-17(21)11-22-16-4-2-3-13(9-16)10-20/h2-9,12,20H,10-11H2,1H3,(H,19,21). The number of amides is 1. The van der Waals surface area contributed by atoms with Crippen molar-refractivity contribution in [3.63, 3.8) is 0 Å². The van der Waals surface area contributed by atoms with Crippen LogP contribution in [0.1, 0.15) is 24.1 Å². The molecule has 0 fully saturated rings. The third-order valence-corrected chi connectivity index (χ3v) is 3.20. The summed E-state index contributed by atoms with van der Waals surface area (Å²) in [5.74, 6) is -0.0586. The van der Waals surface area contributed by atoms with Gasteiger partial charge >= 0.3 is 0 Å². The minimum absolute atomic E-state index is 0.0784. The van der Waals surface area contributed by atoms with Gasteiger partial charge in [-0.2, -0.15) is 0 Å². The quantitative estimate of drug-likeness (QED) is 0.862. The fourth-order valence-electron chi connectivity index (χ4n) is 2.00. The Morgan fingerprint density at radius 2 is 2.00 bits per heavy atom. The molecule has 2 rings (SSSR count). The summed E-state index contributed by atoms with van der Waals surface area (Å²) < 4.78 is 18.2. The van der Waals surface area contributed by atoms with Gasteiger partial charge in [-0.3, -0.25) is 4.79 Å². The lowest BCUT2D eigenvalue weighted by atomic mass is 10.1. The molecule has 0 aliphatic heterocycles. The lowest BCUT2D eigenvalue weighted by molar-refractivity contribution is -0.123. The van der Waals surface area contributed by atoms with Crippen molar-refractivity contribution >= 4 is 5.91 Å². The van der Waals surface area contributed by atoms with Crippen LogP contribution in [0.2, 0.25) is 0 Å². The highest BCUT2D eigenvalue weighted by atomic mass is 19.1. The Kier molecular flexibility index (Phi) is 5.49. The average Bonchev–Trinajstić information content (AvgIpc) is 2.53. The van der Waals surface area contributed by atoms with Crippen LogP contribution in [-0.2, 0) is 11.4 Å². The molecule has 0 spiro atoms. The molecule has 116 valence electrons. The lowest BCUT2D eigenvalue weighted by Gasteiger charge is -2.15. The van der Waals surface area contributed by atoms with Crippen LogP contribution >= 0.6 is 0 Å². The molecule has 0 aromatic heterocycles. The molecule has 1 unspecified atom stereocenters. The van der Waals surface area contributed by atoms with Gasteiger partial charge in [-0.25, -0.2) is 4.39 Å². The van der Waals surface area contributed by atoms with Crippen LogP contribution in [-0.4, -0.2) is 17.6 Å². The highest BCUT2D eigenvalue weighted by Gasteiger charge is 2.10. The fraction of sp³-hybridized carbons (Fsp3) is 0.235. The number of aliphatic hydroxyl groups excluding tert-OH is 1. The minimum Gasteiger partial charge on any atom is -0.484 e. The third kappa shape index (κ3) is 4.56. The topological polar surface area (TPSA) is 58.6 Å². The largest absolute Gasteiger partial charge is 0.484 e. The number of carbonyl (C=O) groups excluding carboxylic acids is 1. The molecule has 4 nitrogen and oxygen atoms in total. The molecular weight excluding hydrogens is 285 g/mol. The first kappa shape index (κ1) is 16.0. The van der Waals surface area contributed by atoms with Gasteiger partial charge in [0.15, 0.2) is 6.61 Å². The first-order valence-electron chi connectivity index (χ1n) is 6.96. The van der Waals surface area contributed by atoms with Crippen LogP contribution in [0.15, 0.2) is 48.5 Å². The Hall–Kier alpha value is -2.40. The van der Waals surface area contributed by atoms with Crippen molar-refractivity contribution in [3.8, 4) is 5.75 Å². The number of benzene rings is 2. The zero-order chi connectivity index (χ0) is 15.9. The Bertz CT molecular complexity index is 628. The Balaban J connectivity index is 1.85. The molecule has 2 N–H and O–H groups in total. The average molecular weight is 303 g/mol. The van der Waals surface area contributed by atoms with Gasteiger partial charge in [0.25, 0.3) is 5.91 Å². The van der Waals surface area contributed by atoms with Crippen LogP contribution < -0.4 is 10.1 Å². The van der Waals surface area contributed by atoms with Crippen molar-refractivity contribution in [2.45, 2.75) is 19.6 Å². The number of hydrogen-bond donors (Lipinski definition) is 2. The number of hydrogen-bond acceptors (Lipinski definition) is 3. The molecule has 0 radical (unpaired) electrons. The first-order chi connectivity index (χ1) is 10.6. The van der Waals surface area contributed by atoms with E-state index in [9.17, 15) is 9.18 Å². The van der Waals surface area contributed by atoms with Crippen molar-refractivity contribution in [1.82, 2.24) is 5.32 Å². The van der Waals surface area contributed by atoms with E-state index in [0.29, 0.717) is 5.75 Å². The summed E-state index contributed by atoms with van der Waals surface area (Å²) in [6.07, 6.45) is 0. The second-order valence-corrected chi connectivity index (χ2v) is 4.93. The van der Waals surface area contributed by atoms with Gasteiger partial charge in [-0.05, 0) is 42.3 Å². The van der Waals surface area contributed by atoms with E-state index in [-0.39, 0.29) is 31.0 Å². The summed E-state index contributed by atoms with van der Waals surface area (Å²) in [5, 5.41) is 11.8. The molecule has 0 heterocycles. The molecule has 0 saturated heterocycles. The summed E-state index contributed by atoms with van der Waals surface area (Å²) in [7, 11) is 0. The summed E-state index contributed by atoms with van der Waals surface area (Å²) in [5.41, 5.74) is 1.54. The molecule has 1 atom stereocenters. The van der Waals surface area contributed by atoms with Crippen LogP contribution in [0, 0.1) is 5.82 Å². The Morgan fingerprint density at radius 3 is 2.68 bits per heavy atom. The van der Waals surface area contributed by atoms with E-state index in [1.165, 1.54) is 12.1 Å². The third-order valence-electron chi connectivity index (χ3n) is 3.20. The van der Waals surface area contributed by atoms with Gasteiger partial charge < -0.3 is 15.2 Å². The molecule has 2 aromatic carbocycles. The fourth-order valence-corrected chi connectivity index (χ4v) is 2.00. The molecule has 1 amide bonds. The normalized spacial score (nSPS) is 11.8. The van der Waals surface area contributed by atoms with Gasteiger partial charge in [-0.15, -0.1) is 0 Å². The van der Waals surface area contributed by atoms with Crippen LogP contribution in [0.5, 0.6) is 5.75 Å². The number of halogens is 1. The van der Waals surface area contributed by atoms with Crippen molar-refractivity contribution in [2.24, 2.45) is 0 Å². The number of rotatable bonds is 6. The summed E-state index contributed by atoms with van der Waals surface area (Å²) in [6, 6.07) is 12.7. The second-order valence-electron chi connectivity index (χ2n) is 4.93. The van der Waals surface area contributed by atoms with Crippen LogP contribution in [0.3, 0.4) is 0 Å². The van der Waals surface area contributed by atoms with E-state index in [1.54, 1.807) is 36.4 Å². The highest BCUT2D eigenvalue weighted by molar-refractivity contribution is 5.78. The van der Waals surface area contributed by atoms with E-state index in [0.717, 1.165) is 11.1 Å². The molecule has 0 saturated carbocycles. The molecule has 2 aromatic rings. The highest BCUT2D eigenvalue weighted by Crippen LogP contribution is 2.14. The number of nitrogens with one attached hydrogen (secondary N) is 1. The van der Waals surface area contributed by atoms with Gasteiger partial charge in [0.2, 0.25) is 0 Å². The van der Waals surface area contributed by atoms with Gasteiger partial charge in [0.1, 0.15) is 11.6 Å². The molecule has 0 aliphatic rings. The van der Waals surface area contributed by atoms with Crippen molar-refractivity contribution in [2.75, 3.05) is 6.61 Å². The smallest absolute Gasteiger partial charge is 0.258 e. The Morgan fingerprint density at radius 1 is 1.27 bits per heavy atom. The first-order valence-corrected chi connectivity index (χ1v) is 6.96. The van der Waals surface area contributed by atoms with Crippen molar-refractivity contribution < 1.29 is 19.0 Å². The van der Waals surface area contributed by atoms with E-state index >= 15 is 0 Å². The maximum atomic E-state index is 12.9. The second kappa shape index (κ2) is 7.56. The SMILES string of the molecule is CC(NC(=O)COc1cccc(CO)c1)c1ccc(F)cc1. The van der Waals surface area contributed by atoms with Crippen LogP contribution in [0.4, 0.5) is 4.39 Å². The van der Waals surface area contributed by atoms with E-state index in [4.69, 9.17) is 9.84 Å². The van der Waals surface area contributed by atoms with Crippen LogP contribution in [0.25, 0.3) is 0 Å². The maximum absolute atomic E-state index is 12.9. The number of ether oxygens (including phenoxy) is 1. The van der Waals surface area contributed by atoms with Gasteiger partial charge in [0.05, 0.1) is 12.6 Å². The lowest BCUT2D eigenvalue weighted by Crippen LogP contribution is -2.31. The van der Waals surface area contributed by atoms with E-state index in [1.807, 2.05) is 6.92 Å². The molecule has 0 bridgehead atoms. The summed E-state index contributed by atoms with van der Waals surface area (Å²) in [4.78, 5) is 11.9. The zero-order valence-corrected chi connectivity index (χ0v) is 12.3. The molecule has 22 heavy (non-hydrogen) atoms. The monoisotopic (exact) mass is 303 g/mol. The predicted octanol–water partition coefficient (Wildman–Crippen LogP) is 2.57. The summed E-state index contributed by atoms with van der Waals surface area (Å²) in [6.45, 7) is 1.61. The molecule has 0 aliphatic carbocycles. The Labute approximate surface area is 128 Å². The van der Waals surface area contributed by atoms with E-state index in [2.05, 4.69) is 5.32 Å². The summed E-state index contributed by atoms with van der Waals surface area (Å²) >= 11 is 0. The van der Waals surface area contributed by atoms with Crippen molar-refractivity contribution in [3.05, 3.63) is 65.5 Å². The van der Waals surface area contributed by atoms with Gasteiger partial charge in [-0.1, -0.05) is 24.3 Å². The minimum atomic E-state index is -0.311. The van der Waals surface area contributed by atoms with Crippen molar-refractivity contribution in [1.29, 1.82) is 0 Å². The number of carbonyl (C=O) groups is 1. The molecule has 5 heteroatoms. The van der Waals surface area contributed by atoms with Gasteiger partial charge in [0, 0.05) is 0 Å². The maximum Gasteiger partial charge on any atom is 0.258 e. The predicted molar refractivity (Wildman–Crippen MR) is 80.8 cm³/mol. The molecular formula is C17H18FNO3. The number of aliphatic hydroxyl groups is 1. The van der Waals surface area contributed by atoms with E-state index < -0.39 is 0 Å².